The molecule has 0 unspecified atom stereocenters. The van der Waals surface area contributed by atoms with Gasteiger partial charge in [0.25, 0.3) is 0 Å². The summed E-state index contributed by atoms with van der Waals surface area (Å²) in [4.78, 5) is 9.14. The lowest BCUT2D eigenvalue weighted by Gasteiger charge is -2.07. The summed E-state index contributed by atoms with van der Waals surface area (Å²) in [6.45, 7) is 0.378. The van der Waals surface area contributed by atoms with Gasteiger partial charge in [-0.05, 0) is 30.3 Å². The first-order valence-electron chi connectivity index (χ1n) is 6.65. The van der Waals surface area contributed by atoms with Gasteiger partial charge in [0.1, 0.15) is 0 Å². The Morgan fingerprint density at radius 1 is 0.857 bits per heavy atom. The number of halogens is 1. The third-order valence-electron chi connectivity index (χ3n) is 3.16. The monoisotopic (exact) mass is 295 g/mol. The molecule has 0 spiro atoms. The van der Waals surface area contributed by atoms with Crippen LogP contribution in [0.1, 0.15) is 5.69 Å². The molecule has 0 fully saturated rings. The zero-order chi connectivity index (χ0) is 14.7. The van der Waals surface area contributed by atoms with Gasteiger partial charge in [-0.2, -0.15) is 0 Å². The van der Waals surface area contributed by atoms with Crippen molar-refractivity contribution in [3.05, 3.63) is 71.4 Å². The van der Waals surface area contributed by atoms with E-state index < -0.39 is 0 Å². The molecule has 3 aromatic rings. The van der Waals surface area contributed by atoms with Crippen molar-refractivity contribution in [2.75, 3.05) is 0 Å². The number of hydrogen-bond acceptors (Lipinski definition) is 3. The molecule has 2 N–H and O–H groups in total. The second-order valence-electron chi connectivity index (χ2n) is 4.65. The van der Waals surface area contributed by atoms with Crippen LogP contribution >= 0.6 is 11.6 Å². The van der Waals surface area contributed by atoms with Gasteiger partial charge < -0.3 is 5.73 Å². The van der Waals surface area contributed by atoms with E-state index in [-0.39, 0.29) is 0 Å². The molecule has 3 rings (SSSR count). The molecule has 2 aromatic carbocycles. The molecule has 0 aliphatic heterocycles. The zero-order valence-corrected chi connectivity index (χ0v) is 12.1. The van der Waals surface area contributed by atoms with Crippen LogP contribution in [0.15, 0.2) is 60.7 Å². The van der Waals surface area contributed by atoms with Gasteiger partial charge in [-0.15, -0.1) is 0 Å². The largest absolute Gasteiger partial charge is 0.325 e. The third kappa shape index (κ3) is 3.10. The maximum Gasteiger partial charge on any atom is 0.160 e. The first-order chi connectivity index (χ1) is 10.3. The van der Waals surface area contributed by atoms with E-state index in [9.17, 15) is 0 Å². The smallest absolute Gasteiger partial charge is 0.160 e. The minimum absolute atomic E-state index is 0.378. The molecule has 3 nitrogen and oxygen atoms in total. The fourth-order valence-corrected chi connectivity index (χ4v) is 2.21. The standard InChI is InChI=1S/C17H14ClN3/c18-14-8-6-13(7-9-14)17-20-15(11-19)10-16(21-17)12-4-2-1-3-5-12/h1-10H,11,19H2. The topological polar surface area (TPSA) is 51.8 Å². The molecule has 4 heteroatoms. The summed E-state index contributed by atoms with van der Waals surface area (Å²) in [5.41, 5.74) is 9.41. The molecular weight excluding hydrogens is 282 g/mol. The number of nitrogens with two attached hydrogens (primary N) is 1. The molecule has 0 saturated heterocycles. The number of hydrogen-bond donors (Lipinski definition) is 1. The van der Waals surface area contributed by atoms with Crippen molar-refractivity contribution < 1.29 is 0 Å². The van der Waals surface area contributed by atoms with Crippen LogP contribution in [0.5, 0.6) is 0 Å². The Bertz CT molecular complexity index is 740. The number of aromatic nitrogens is 2. The van der Waals surface area contributed by atoms with E-state index in [4.69, 9.17) is 17.3 Å². The summed E-state index contributed by atoms with van der Waals surface area (Å²) in [6.07, 6.45) is 0. The Kier molecular flexibility index (Phi) is 3.95. The lowest BCUT2D eigenvalue weighted by atomic mass is 10.1. The Balaban J connectivity index is 2.11. The van der Waals surface area contributed by atoms with Gasteiger partial charge in [0.15, 0.2) is 5.82 Å². The maximum absolute atomic E-state index is 5.92. The minimum Gasteiger partial charge on any atom is -0.325 e. The van der Waals surface area contributed by atoms with E-state index in [1.54, 1.807) is 0 Å². The van der Waals surface area contributed by atoms with Crippen molar-refractivity contribution in [3.8, 4) is 22.6 Å². The summed E-state index contributed by atoms with van der Waals surface area (Å²) in [5.74, 6) is 0.661. The maximum atomic E-state index is 5.92. The van der Waals surface area contributed by atoms with Crippen LogP contribution in [0.2, 0.25) is 5.02 Å². The second kappa shape index (κ2) is 6.04. The van der Waals surface area contributed by atoms with Crippen LogP contribution in [0.3, 0.4) is 0 Å². The highest BCUT2D eigenvalue weighted by molar-refractivity contribution is 6.30. The molecule has 0 aliphatic rings. The molecule has 0 bridgehead atoms. The predicted molar refractivity (Wildman–Crippen MR) is 85.8 cm³/mol. The highest BCUT2D eigenvalue weighted by Gasteiger charge is 2.08. The molecule has 0 atom stereocenters. The van der Waals surface area contributed by atoms with Crippen LogP contribution in [0, 0.1) is 0 Å². The van der Waals surface area contributed by atoms with Crippen molar-refractivity contribution in [1.29, 1.82) is 0 Å². The predicted octanol–water partition coefficient (Wildman–Crippen LogP) is 3.92. The molecule has 1 heterocycles. The summed E-state index contributed by atoms with van der Waals surface area (Å²) < 4.78 is 0. The van der Waals surface area contributed by atoms with E-state index in [2.05, 4.69) is 9.97 Å². The first kappa shape index (κ1) is 13.7. The summed E-state index contributed by atoms with van der Waals surface area (Å²) in [5, 5.41) is 0.692. The molecular formula is C17H14ClN3. The first-order valence-corrected chi connectivity index (χ1v) is 7.03. The van der Waals surface area contributed by atoms with Gasteiger partial charge in [-0.25, -0.2) is 9.97 Å². The van der Waals surface area contributed by atoms with E-state index >= 15 is 0 Å². The van der Waals surface area contributed by atoms with Crippen LogP contribution < -0.4 is 5.73 Å². The van der Waals surface area contributed by atoms with Crippen LogP contribution in [0.4, 0.5) is 0 Å². The van der Waals surface area contributed by atoms with E-state index in [1.165, 1.54) is 0 Å². The van der Waals surface area contributed by atoms with Gasteiger partial charge in [0, 0.05) is 22.7 Å². The lowest BCUT2D eigenvalue weighted by Crippen LogP contribution is -2.03. The van der Waals surface area contributed by atoms with E-state index in [0.717, 1.165) is 22.5 Å². The Hall–Kier alpha value is -2.23. The molecule has 0 radical (unpaired) electrons. The highest BCUT2D eigenvalue weighted by atomic mass is 35.5. The van der Waals surface area contributed by atoms with Gasteiger partial charge in [-0.1, -0.05) is 41.9 Å². The average molecular weight is 296 g/mol. The van der Waals surface area contributed by atoms with Gasteiger partial charge in [0.2, 0.25) is 0 Å². The van der Waals surface area contributed by atoms with Crippen LogP contribution in [-0.2, 0) is 6.54 Å². The van der Waals surface area contributed by atoms with E-state index in [1.807, 2.05) is 60.7 Å². The van der Waals surface area contributed by atoms with Crippen LogP contribution in [-0.4, -0.2) is 9.97 Å². The fraction of sp³-hybridized carbons (Fsp3) is 0.0588. The molecule has 21 heavy (non-hydrogen) atoms. The number of rotatable bonds is 3. The summed E-state index contributed by atoms with van der Waals surface area (Å²) in [7, 11) is 0. The number of benzene rings is 2. The molecule has 104 valence electrons. The quantitative estimate of drug-likeness (QED) is 0.796. The van der Waals surface area contributed by atoms with Gasteiger partial charge >= 0.3 is 0 Å². The van der Waals surface area contributed by atoms with Crippen molar-refractivity contribution >= 4 is 11.6 Å². The van der Waals surface area contributed by atoms with Gasteiger partial charge in [-0.3, -0.25) is 0 Å². The Labute approximate surface area is 128 Å². The summed E-state index contributed by atoms with van der Waals surface area (Å²) in [6, 6.07) is 19.4. The van der Waals surface area contributed by atoms with E-state index in [0.29, 0.717) is 17.4 Å². The summed E-state index contributed by atoms with van der Waals surface area (Å²) >= 11 is 5.92. The number of nitrogens with zero attached hydrogens (tertiary/aromatic N) is 2. The Morgan fingerprint density at radius 3 is 2.24 bits per heavy atom. The van der Waals surface area contributed by atoms with Gasteiger partial charge in [0.05, 0.1) is 11.4 Å². The fourth-order valence-electron chi connectivity index (χ4n) is 2.09. The zero-order valence-electron chi connectivity index (χ0n) is 11.3. The third-order valence-corrected chi connectivity index (χ3v) is 3.41. The van der Waals surface area contributed by atoms with Crippen molar-refractivity contribution in [1.82, 2.24) is 9.97 Å². The van der Waals surface area contributed by atoms with Crippen molar-refractivity contribution in [2.45, 2.75) is 6.54 Å². The highest BCUT2D eigenvalue weighted by Crippen LogP contribution is 2.23. The minimum atomic E-state index is 0.378. The average Bonchev–Trinajstić information content (AvgIpc) is 2.56. The molecule has 0 saturated carbocycles. The second-order valence-corrected chi connectivity index (χ2v) is 5.08. The molecule has 1 aromatic heterocycles. The SMILES string of the molecule is NCc1cc(-c2ccccc2)nc(-c2ccc(Cl)cc2)n1. The lowest BCUT2D eigenvalue weighted by molar-refractivity contribution is 0.972. The normalized spacial score (nSPS) is 10.6. The Morgan fingerprint density at radius 2 is 1.57 bits per heavy atom. The van der Waals surface area contributed by atoms with Crippen molar-refractivity contribution in [2.24, 2.45) is 5.73 Å². The molecule has 0 aliphatic carbocycles. The van der Waals surface area contributed by atoms with Crippen LogP contribution in [0.25, 0.3) is 22.6 Å². The van der Waals surface area contributed by atoms with Crippen molar-refractivity contribution in [3.63, 3.8) is 0 Å². The molecule has 0 amide bonds.